The van der Waals surface area contributed by atoms with Gasteiger partial charge in [-0.05, 0) is 37.7 Å². The van der Waals surface area contributed by atoms with Gasteiger partial charge in [0.1, 0.15) is 5.56 Å². The molecule has 166 valence electrons. The Hall–Kier alpha value is -2.40. The second-order valence-electron chi connectivity index (χ2n) is 9.39. The van der Waals surface area contributed by atoms with Crippen molar-refractivity contribution in [1.29, 1.82) is 0 Å². The summed E-state index contributed by atoms with van der Waals surface area (Å²) >= 11 is 0. The van der Waals surface area contributed by atoms with Gasteiger partial charge in [0.2, 0.25) is 0 Å². The molecule has 5 nitrogen and oxygen atoms in total. The van der Waals surface area contributed by atoms with Crippen LogP contribution in [-0.2, 0) is 20.0 Å². The summed E-state index contributed by atoms with van der Waals surface area (Å²) in [7, 11) is 1.98. The molecule has 2 aromatic rings. The van der Waals surface area contributed by atoms with Crippen molar-refractivity contribution >= 4 is 5.91 Å². The normalized spacial score (nSPS) is 18.4. The Balaban J connectivity index is 1.41. The second-order valence-corrected chi connectivity index (χ2v) is 9.39. The first-order valence-electron chi connectivity index (χ1n) is 11.8. The third-order valence-electron chi connectivity index (χ3n) is 7.16. The lowest BCUT2D eigenvalue weighted by Gasteiger charge is -2.32. The smallest absolute Gasteiger partial charge is 0.257 e. The van der Waals surface area contributed by atoms with E-state index in [-0.39, 0.29) is 17.4 Å². The highest BCUT2D eigenvalue weighted by Crippen LogP contribution is 2.28. The zero-order valence-electron chi connectivity index (χ0n) is 18.9. The number of benzene rings is 1. The quantitative estimate of drug-likeness (QED) is 0.771. The summed E-state index contributed by atoms with van der Waals surface area (Å²) in [5.74, 6) is 0.398. The van der Waals surface area contributed by atoms with Crippen LogP contribution in [0.4, 0.5) is 0 Å². The Kier molecular flexibility index (Phi) is 6.91. The largest absolute Gasteiger partial charge is 0.351 e. The topological polar surface area (TPSA) is 54.3 Å². The third-order valence-corrected chi connectivity index (χ3v) is 7.16. The van der Waals surface area contributed by atoms with E-state index in [1.807, 2.05) is 20.0 Å². The van der Waals surface area contributed by atoms with E-state index < -0.39 is 0 Å². The summed E-state index contributed by atoms with van der Waals surface area (Å²) in [6.07, 6.45) is 7.57. The van der Waals surface area contributed by atoms with Crippen LogP contribution >= 0.6 is 0 Å². The Morgan fingerprint density at radius 2 is 1.74 bits per heavy atom. The molecule has 0 bridgehead atoms. The minimum absolute atomic E-state index is 0.130. The molecule has 31 heavy (non-hydrogen) atoms. The van der Waals surface area contributed by atoms with Crippen molar-refractivity contribution in [3.05, 3.63) is 69.1 Å². The highest BCUT2D eigenvalue weighted by molar-refractivity contribution is 5.95. The van der Waals surface area contributed by atoms with Crippen LogP contribution < -0.4 is 10.7 Å². The molecule has 5 heteroatoms. The Labute approximate surface area is 185 Å². The summed E-state index contributed by atoms with van der Waals surface area (Å²) in [6.45, 7) is 4.82. The van der Waals surface area contributed by atoms with Gasteiger partial charge in [0, 0.05) is 50.2 Å². The van der Waals surface area contributed by atoms with Crippen LogP contribution in [-0.4, -0.2) is 34.5 Å². The second kappa shape index (κ2) is 9.82. The maximum absolute atomic E-state index is 13.2. The summed E-state index contributed by atoms with van der Waals surface area (Å²) in [6, 6.07) is 12.3. The predicted molar refractivity (Wildman–Crippen MR) is 124 cm³/mol. The first-order valence-corrected chi connectivity index (χ1v) is 11.8. The number of piperidine rings is 1. The first kappa shape index (κ1) is 21.8. The van der Waals surface area contributed by atoms with E-state index in [1.54, 1.807) is 6.07 Å². The fourth-order valence-electron chi connectivity index (χ4n) is 5.19. The van der Waals surface area contributed by atoms with Gasteiger partial charge in [-0.1, -0.05) is 56.0 Å². The molecule has 0 atom stereocenters. The number of aromatic nitrogens is 1. The number of aryl methyl sites for hydroxylation is 1. The van der Waals surface area contributed by atoms with Gasteiger partial charge in [-0.25, -0.2) is 0 Å². The van der Waals surface area contributed by atoms with Crippen molar-refractivity contribution in [3.8, 4) is 0 Å². The van der Waals surface area contributed by atoms with Crippen LogP contribution in [0.5, 0.6) is 0 Å². The van der Waals surface area contributed by atoms with Gasteiger partial charge in [-0.2, -0.15) is 0 Å². The van der Waals surface area contributed by atoms with Crippen molar-refractivity contribution in [2.24, 2.45) is 13.0 Å². The maximum atomic E-state index is 13.2. The van der Waals surface area contributed by atoms with Gasteiger partial charge in [0.25, 0.3) is 5.91 Å². The van der Waals surface area contributed by atoms with Crippen LogP contribution in [0.25, 0.3) is 0 Å². The lowest BCUT2D eigenvalue weighted by molar-refractivity contribution is 0.0905. The highest BCUT2D eigenvalue weighted by Gasteiger charge is 2.26. The van der Waals surface area contributed by atoms with Gasteiger partial charge in [0.05, 0.1) is 0 Å². The number of rotatable bonds is 6. The minimum atomic E-state index is -0.185. The molecule has 1 aliphatic carbocycles. The molecule has 1 saturated carbocycles. The number of carbonyl (C=O) groups excluding carboxylic acids is 1. The van der Waals surface area contributed by atoms with Gasteiger partial charge in [0.15, 0.2) is 5.43 Å². The number of hydrogen-bond acceptors (Lipinski definition) is 3. The molecule has 2 fully saturated rings. The van der Waals surface area contributed by atoms with E-state index in [0.29, 0.717) is 11.5 Å². The Morgan fingerprint density at radius 3 is 2.42 bits per heavy atom. The van der Waals surface area contributed by atoms with Crippen LogP contribution in [0.3, 0.4) is 0 Å². The van der Waals surface area contributed by atoms with E-state index in [2.05, 4.69) is 39.0 Å². The number of hydrogen-bond donors (Lipinski definition) is 1. The monoisotopic (exact) mass is 421 g/mol. The Bertz CT molecular complexity index is 953. The molecule has 0 spiro atoms. The standard InChI is InChI=1S/C26H35N3O2/c1-19-16-24(30)25(23(28(19)2)17-20-8-6-7-9-20)26(31)27-22-12-14-29(15-13-22)18-21-10-4-3-5-11-21/h3-5,10-11,16,20,22H,6-9,12-15,17-18H2,1-2H3,(H,27,31). The summed E-state index contributed by atoms with van der Waals surface area (Å²) in [5.41, 5.74) is 3.39. The van der Waals surface area contributed by atoms with Gasteiger partial charge >= 0.3 is 0 Å². The number of amides is 1. The molecule has 1 aliphatic heterocycles. The fraction of sp³-hybridized carbons (Fsp3) is 0.538. The van der Waals surface area contributed by atoms with Crippen LogP contribution in [0.2, 0.25) is 0 Å². The summed E-state index contributed by atoms with van der Waals surface area (Å²) in [5, 5.41) is 3.19. The average molecular weight is 422 g/mol. The van der Waals surface area contributed by atoms with Crippen molar-refractivity contribution in [3.63, 3.8) is 0 Å². The number of pyridine rings is 1. The molecule has 1 N–H and O–H groups in total. The molecule has 4 rings (SSSR count). The van der Waals surface area contributed by atoms with Gasteiger partial charge in [-0.3, -0.25) is 14.5 Å². The van der Waals surface area contributed by atoms with E-state index >= 15 is 0 Å². The molecular formula is C26H35N3O2. The molecule has 0 unspecified atom stereocenters. The van der Waals surface area contributed by atoms with Crippen molar-refractivity contribution in [2.75, 3.05) is 13.1 Å². The molecule has 2 heterocycles. The molecule has 1 amide bonds. The SMILES string of the molecule is Cc1cc(=O)c(C(=O)NC2CCN(Cc3ccccc3)CC2)c(CC2CCCC2)n1C. The minimum Gasteiger partial charge on any atom is -0.351 e. The number of nitrogens with one attached hydrogen (secondary N) is 1. The summed E-state index contributed by atoms with van der Waals surface area (Å²) in [4.78, 5) is 28.5. The van der Waals surface area contributed by atoms with Crippen molar-refractivity contribution in [1.82, 2.24) is 14.8 Å². The van der Waals surface area contributed by atoms with Crippen LogP contribution in [0, 0.1) is 12.8 Å². The molecular weight excluding hydrogens is 386 g/mol. The fourth-order valence-corrected chi connectivity index (χ4v) is 5.19. The lowest BCUT2D eigenvalue weighted by atomic mass is 9.96. The van der Waals surface area contributed by atoms with Gasteiger partial charge < -0.3 is 9.88 Å². The zero-order chi connectivity index (χ0) is 21.8. The molecule has 1 aromatic heterocycles. The number of nitrogens with zero attached hydrogens (tertiary/aromatic N) is 2. The lowest BCUT2D eigenvalue weighted by Crippen LogP contribution is -2.45. The van der Waals surface area contributed by atoms with Crippen molar-refractivity contribution in [2.45, 2.75) is 64.5 Å². The zero-order valence-corrected chi connectivity index (χ0v) is 18.9. The number of carbonyl (C=O) groups is 1. The van der Waals surface area contributed by atoms with E-state index in [4.69, 9.17) is 0 Å². The third kappa shape index (κ3) is 5.27. The molecule has 0 radical (unpaired) electrons. The van der Waals surface area contributed by atoms with E-state index in [0.717, 1.165) is 50.3 Å². The molecule has 1 aromatic carbocycles. The molecule has 2 aliphatic rings. The predicted octanol–water partition coefficient (Wildman–Crippen LogP) is 3.82. The molecule has 1 saturated heterocycles. The summed E-state index contributed by atoms with van der Waals surface area (Å²) < 4.78 is 2.05. The maximum Gasteiger partial charge on any atom is 0.257 e. The number of likely N-dealkylation sites (tertiary alicyclic amines) is 1. The van der Waals surface area contributed by atoms with Crippen LogP contribution in [0.15, 0.2) is 41.2 Å². The van der Waals surface area contributed by atoms with E-state index in [9.17, 15) is 9.59 Å². The van der Waals surface area contributed by atoms with Crippen LogP contribution in [0.1, 0.15) is 65.8 Å². The van der Waals surface area contributed by atoms with Crippen molar-refractivity contribution < 1.29 is 4.79 Å². The first-order chi connectivity index (χ1) is 15.0. The average Bonchev–Trinajstić information content (AvgIpc) is 3.27. The highest BCUT2D eigenvalue weighted by atomic mass is 16.2. The van der Waals surface area contributed by atoms with Gasteiger partial charge in [-0.15, -0.1) is 0 Å². The van der Waals surface area contributed by atoms with E-state index in [1.165, 1.54) is 31.2 Å². The Morgan fingerprint density at radius 1 is 1.06 bits per heavy atom.